The Labute approximate surface area is 173 Å². The molecule has 0 atom stereocenters. The number of carbonyl (C=O) groups is 1. The lowest BCUT2D eigenvalue weighted by Crippen LogP contribution is -2.33. The minimum atomic E-state index is -0.492. The average molecular weight is 410 g/mol. The van der Waals surface area contributed by atoms with Crippen molar-refractivity contribution in [1.29, 1.82) is 0 Å². The van der Waals surface area contributed by atoms with E-state index in [4.69, 9.17) is 4.74 Å². The predicted octanol–water partition coefficient (Wildman–Crippen LogP) is 3.91. The van der Waals surface area contributed by atoms with E-state index in [-0.39, 0.29) is 5.69 Å². The molecule has 0 fully saturated rings. The van der Waals surface area contributed by atoms with Gasteiger partial charge in [-0.05, 0) is 43.3 Å². The summed E-state index contributed by atoms with van der Waals surface area (Å²) in [7, 11) is 1.62. The van der Waals surface area contributed by atoms with Crippen molar-refractivity contribution in [3.63, 3.8) is 0 Å². The van der Waals surface area contributed by atoms with E-state index in [9.17, 15) is 9.18 Å². The van der Waals surface area contributed by atoms with Crippen LogP contribution in [0.3, 0.4) is 0 Å². The molecule has 0 aliphatic heterocycles. The molecule has 8 nitrogen and oxygen atoms in total. The number of ether oxygens (including phenoxy) is 1. The van der Waals surface area contributed by atoms with Gasteiger partial charge in [0.25, 0.3) is 0 Å². The summed E-state index contributed by atoms with van der Waals surface area (Å²) in [5.41, 5.74) is 1.78. The molecule has 1 aromatic heterocycles. The number of halogens is 1. The normalized spacial score (nSPS) is 10.2. The number of anilines is 4. The minimum Gasteiger partial charge on any atom is -0.497 e. The number of para-hydroxylation sites is 1. The Balaban J connectivity index is 1.49. The summed E-state index contributed by atoms with van der Waals surface area (Å²) < 4.78 is 18.7. The number of benzene rings is 2. The number of aryl methyl sites for hydroxylation is 1. The highest BCUT2D eigenvalue weighted by molar-refractivity contribution is 5.89. The smallest absolute Gasteiger partial charge is 0.319 e. The molecule has 156 valence electrons. The molecule has 4 N–H and O–H groups in total. The van der Waals surface area contributed by atoms with Crippen LogP contribution in [0.2, 0.25) is 0 Å². The van der Waals surface area contributed by atoms with Gasteiger partial charge in [0.15, 0.2) is 0 Å². The Morgan fingerprint density at radius 2 is 1.83 bits per heavy atom. The summed E-state index contributed by atoms with van der Waals surface area (Å²) >= 11 is 0. The van der Waals surface area contributed by atoms with E-state index >= 15 is 0 Å². The predicted molar refractivity (Wildman–Crippen MR) is 115 cm³/mol. The van der Waals surface area contributed by atoms with Gasteiger partial charge in [0.2, 0.25) is 5.95 Å². The maximum absolute atomic E-state index is 13.5. The molecule has 3 aromatic rings. The molecule has 0 saturated heterocycles. The average Bonchev–Trinajstić information content (AvgIpc) is 2.73. The van der Waals surface area contributed by atoms with Gasteiger partial charge in [-0.1, -0.05) is 12.1 Å². The van der Waals surface area contributed by atoms with Gasteiger partial charge >= 0.3 is 6.03 Å². The number of hydrogen-bond acceptors (Lipinski definition) is 6. The lowest BCUT2D eigenvalue weighted by molar-refractivity contribution is 0.252. The van der Waals surface area contributed by atoms with Crippen molar-refractivity contribution in [2.24, 2.45) is 0 Å². The minimum absolute atomic E-state index is 0.124. The van der Waals surface area contributed by atoms with Crippen molar-refractivity contribution in [3.8, 4) is 5.75 Å². The van der Waals surface area contributed by atoms with Crippen LogP contribution >= 0.6 is 0 Å². The molecule has 3 rings (SSSR count). The highest BCUT2D eigenvalue weighted by atomic mass is 19.1. The number of rotatable bonds is 8. The Morgan fingerprint density at radius 3 is 2.57 bits per heavy atom. The largest absolute Gasteiger partial charge is 0.497 e. The summed E-state index contributed by atoms with van der Waals surface area (Å²) in [6, 6.07) is 14.8. The van der Waals surface area contributed by atoms with E-state index in [0.29, 0.717) is 24.9 Å². The van der Waals surface area contributed by atoms with Gasteiger partial charge in [-0.15, -0.1) is 0 Å². The van der Waals surface area contributed by atoms with E-state index in [2.05, 4.69) is 31.2 Å². The molecule has 0 saturated carbocycles. The van der Waals surface area contributed by atoms with Crippen LogP contribution in [0.1, 0.15) is 5.69 Å². The fourth-order valence-electron chi connectivity index (χ4n) is 2.61. The van der Waals surface area contributed by atoms with Crippen molar-refractivity contribution in [3.05, 3.63) is 66.1 Å². The summed E-state index contributed by atoms with van der Waals surface area (Å²) in [4.78, 5) is 20.6. The third-order valence-corrected chi connectivity index (χ3v) is 4.03. The molecule has 2 amide bonds. The number of urea groups is 1. The topological polar surface area (TPSA) is 100 Å². The summed E-state index contributed by atoms with van der Waals surface area (Å²) in [5.74, 6) is 1.35. The van der Waals surface area contributed by atoms with Gasteiger partial charge in [0, 0.05) is 30.5 Å². The molecule has 0 unspecified atom stereocenters. The van der Waals surface area contributed by atoms with Crippen LogP contribution in [0.25, 0.3) is 0 Å². The van der Waals surface area contributed by atoms with Crippen LogP contribution in [0.5, 0.6) is 5.75 Å². The maximum Gasteiger partial charge on any atom is 0.319 e. The molecule has 0 aliphatic carbocycles. The number of carbonyl (C=O) groups excluding carboxylic acids is 1. The first-order chi connectivity index (χ1) is 14.5. The SMILES string of the molecule is COc1ccc(Nc2cc(C)nc(NCCNC(=O)Nc3ccccc3F)n2)cc1. The Morgan fingerprint density at radius 1 is 1.07 bits per heavy atom. The Hall–Kier alpha value is -3.88. The highest BCUT2D eigenvalue weighted by Crippen LogP contribution is 2.20. The fraction of sp³-hybridized carbons (Fsp3) is 0.190. The number of hydrogen-bond donors (Lipinski definition) is 4. The van der Waals surface area contributed by atoms with Gasteiger partial charge in [-0.25, -0.2) is 14.2 Å². The first-order valence-corrected chi connectivity index (χ1v) is 9.33. The van der Waals surface area contributed by atoms with Gasteiger partial charge in [0.05, 0.1) is 12.8 Å². The molecule has 0 bridgehead atoms. The van der Waals surface area contributed by atoms with E-state index in [0.717, 1.165) is 17.1 Å². The van der Waals surface area contributed by atoms with Crippen molar-refractivity contribution in [1.82, 2.24) is 15.3 Å². The zero-order valence-corrected chi connectivity index (χ0v) is 16.7. The third-order valence-electron chi connectivity index (χ3n) is 4.03. The third kappa shape index (κ3) is 6.06. The quantitative estimate of drug-likeness (QED) is 0.420. The monoisotopic (exact) mass is 410 g/mol. The molecule has 1 heterocycles. The van der Waals surface area contributed by atoms with E-state index < -0.39 is 11.8 Å². The molecule has 0 radical (unpaired) electrons. The maximum atomic E-state index is 13.5. The lowest BCUT2D eigenvalue weighted by atomic mass is 10.3. The first-order valence-electron chi connectivity index (χ1n) is 9.33. The van der Waals surface area contributed by atoms with Gasteiger partial charge in [-0.2, -0.15) is 4.98 Å². The molecule has 2 aromatic carbocycles. The number of nitrogens with zero attached hydrogens (tertiary/aromatic N) is 2. The molecule has 0 aliphatic rings. The van der Waals surface area contributed by atoms with Crippen molar-refractivity contribution in [2.75, 3.05) is 36.1 Å². The molecular formula is C21H23FN6O2. The van der Waals surface area contributed by atoms with Crippen LogP contribution in [-0.2, 0) is 0 Å². The second kappa shape index (κ2) is 10.1. The second-order valence-corrected chi connectivity index (χ2v) is 6.36. The number of nitrogens with one attached hydrogen (secondary N) is 4. The number of methoxy groups -OCH3 is 1. The number of aromatic nitrogens is 2. The van der Waals surface area contributed by atoms with Gasteiger partial charge < -0.3 is 26.0 Å². The fourth-order valence-corrected chi connectivity index (χ4v) is 2.61. The first kappa shape index (κ1) is 20.8. The number of amides is 2. The van der Waals surface area contributed by atoms with E-state index in [1.165, 1.54) is 12.1 Å². The Bertz CT molecular complexity index is 997. The molecular weight excluding hydrogens is 387 g/mol. The molecule has 30 heavy (non-hydrogen) atoms. The van der Waals surface area contributed by atoms with Gasteiger partial charge in [-0.3, -0.25) is 0 Å². The van der Waals surface area contributed by atoms with Crippen LogP contribution < -0.4 is 26.0 Å². The zero-order valence-electron chi connectivity index (χ0n) is 16.7. The lowest BCUT2D eigenvalue weighted by Gasteiger charge is -2.11. The van der Waals surface area contributed by atoms with Crippen molar-refractivity contribution in [2.45, 2.75) is 6.92 Å². The van der Waals surface area contributed by atoms with E-state index in [1.807, 2.05) is 37.3 Å². The van der Waals surface area contributed by atoms with E-state index in [1.54, 1.807) is 19.2 Å². The van der Waals surface area contributed by atoms with Crippen molar-refractivity contribution >= 4 is 29.2 Å². The standard InChI is InChI=1S/C21H23FN6O2/c1-14-13-19(26-15-7-9-16(30-2)10-8-15)28-20(25-14)23-11-12-24-21(29)27-18-6-4-3-5-17(18)22/h3-10,13H,11-12H2,1-2H3,(H2,24,27,29)(H2,23,25,26,28). The summed E-state index contributed by atoms with van der Waals surface area (Å²) in [5, 5.41) is 11.4. The second-order valence-electron chi connectivity index (χ2n) is 6.36. The summed E-state index contributed by atoms with van der Waals surface area (Å²) in [6.45, 7) is 2.57. The van der Waals surface area contributed by atoms with Crippen LogP contribution in [-0.4, -0.2) is 36.2 Å². The summed E-state index contributed by atoms with van der Waals surface area (Å²) in [6.07, 6.45) is 0. The van der Waals surface area contributed by atoms with Gasteiger partial charge in [0.1, 0.15) is 17.4 Å². The Kier molecular flexibility index (Phi) is 6.99. The highest BCUT2D eigenvalue weighted by Gasteiger charge is 2.06. The van der Waals surface area contributed by atoms with Crippen molar-refractivity contribution < 1.29 is 13.9 Å². The van der Waals surface area contributed by atoms with Crippen LogP contribution in [0.4, 0.5) is 32.3 Å². The molecule has 9 heteroatoms. The van der Waals surface area contributed by atoms with Crippen LogP contribution in [0, 0.1) is 12.7 Å². The van der Waals surface area contributed by atoms with Crippen LogP contribution in [0.15, 0.2) is 54.6 Å². The molecule has 0 spiro atoms. The zero-order chi connectivity index (χ0) is 21.3.